The van der Waals surface area contributed by atoms with Gasteiger partial charge in [-0.1, -0.05) is 29.8 Å². The second kappa shape index (κ2) is 6.91. The fraction of sp³-hybridized carbons (Fsp3) is 0.133. The van der Waals surface area contributed by atoms with Crippen LogP contribution in [0, 0.1) is 0 Å². The largest absolute Gasteiger partial charge is 0.481 e. The number of hydrogen-bond donors (Lipinski definition) is 3. The average Bonchev–Trinajstić information content (AvgIpc) is 2.46. The molecule has 0 aliphatic rings. The summed E-state index contributed by atoms with van der Waals surface area (Å²) < 4.78 is 0. The van der Waals surface area contributed by atoms with Crippen molar-refractivity contribution in [1.82, 2.24) is 10.3 Å². The lowest BCUT2D eigenvalue weighted by Gasteiger charge is -2.18. The van der Waals surface area contributed by atoms with Crippen molar-refractivity contribution in [1.29, 1.82) is 0 Å². The van der Waals surface area contributed by atoms with Crippen LogP contribution in [-0.4, -0.2) is 22.0 Å². The molecule has 2 rings (SSSR count). The molecule has 3 N–H and O–H groups in total. The van der Waals surface area contributed by atoms with Gasteiger partial charge in [0.05, 0.1) is 12.5 Å². The highest BCUT2D eigenvalue weighted by atomic mass is 35.5. The Morgan fingerprint density at radius 2 is 2.00 bits per heavy atom. The second-order valence-corrected chi connectivity index (χ2v) is 4.99. The molecule has 0 saturated carbocycles. The molecule has 7 heteroatoms. The van der Waals surface area contributed by atoms with E-state index in [1.807, 2.05) is 0 Å². The number of H-pyrrole nitrogens is 1. The third-order valence-electron chi connectivity index (χ3n) is 2.98. The Bertz CT molecular complexity index is 757. The zero-order chi connectivity index (χ0) is 16.1. The first kappa shape index (κ1) is 15.8. The van der Waals surface area contributed by atoms with Crippen molar-refractivity contribution < 1.29 is 14.7 Å². The van der Waals surface area contributed by atoms with Gasteiger partial charge in [0.1, 0.15) is 5.69 Å². The van der Waals surface area contributed by atoms with Crippen molar-refractivity contribution in [2.75, 3.05) is 0 Å². The number of amides is 1. The number of carbonyl (C=O) groups is 2. The number of pyridine rings is 1. The summed E-state index contributed by atoms with van der Waals surface area (Å²) in [6, 6.07) is 8.28. The van der Waals surface area contributed by atoms with E-state index >= 15 is 0 Å². The second-order valence-electron chi connectivity index (χ2n) is 4.58. The highest BCUT2D eigenvalue weighted by Crippen LogP contribution is 2.25. The van der Waals surface area contributed by atoms with Gasteiger partial charge >= 0.3 is 5.97 Å². The van der Waals surface area contributed by atoms with Gasteiger partial charge in [0.25, 0.3) is 5.91 Å². The van der Waals surface area contributed by atoms with Crippen molar-refractivity contribution in [3.8, 4) is 0 Å². The molecule has 0 aliphatic heterocycles. The SMILES string of the molecule is O=C(O)C[C@@H](NC(=O)c1cc(=O)cc[nH]1)c1ccccc1Cl. The molecule has 1 atom stereocenters. The summed E-state index contributed by atoms with van der Waals surface area (Å²) in [5, 5.41) is 11.9. The summed E-state index contributed by atoms with van der Waals surface area (Å²) in [5.74, 6) is -1.66. The van der Waals surface area contributed by atoms with Gasteiger partial charge in [0.2, 0.25) is 0 Å². The zero-order valence-corrected chi connectivity index (χ0v) is 12.1. The van der Waals surface area contributed by atoms with Crippen LogP contribution in [0.3, 0.4) is 0 Å². The quantitative estimate of drug-likeness (QED) is 0.784. The summed E-state index contributed by atoms with van der Waals surface area (Å²) in [5.41, 5.74) is 0.226. The predicted molar refractivity (Wildman–Crippen MR) is 81.0 cm³/mol. The smallest absolute Gasteiger partial charge is 0.305 e. The van der Waals surface area contributed by atoms with E-state index in [0.29, 0.717) is 10.6 Å². The molecule has 0 spiro atoms. The Balaban J connectivity index is 2.27. The molecule has 0 bridgehead atoms. The van der Waals surface area contributed by atoms with Gasteiger partial charge in [-0.15, -0.1) is 0 Å². The van der Waals surface area contributed by atoms with E-state index in [1.165, 1.54) is 12.3 Å². The maximum Gasteiger partial charge on any atom is 0.305 e. The number of rotatable bonds is 5. The Hall–Kier alpha value is -2.60. The molecule has 0 radical (unpaired) electrons. The van der Waals surface area contributed by atoms with Gasteiger partial charge in [-0.3, -0.25) is 14.4 Å². The summed E-state index contributed by atoms with van der Waals surface area (Å²) in [6.45, 7) is 0. The molecule has 22 heavy (non-hydrogen) atoms. The number of nitrogens with one attached hydrogen (secondary N) is 2. The fourth-order valence-corrected chi connectivity index (χ4v) is 2.25. The number of aliphatic carboxylic acids is 1. The van der Waals surface area contributed by atoms with Gasteiger partial charge < -0.3 is 15.4 Å². The molecule has 2 aromatic rings. The first-order valence-electron chi connectivity index (χ1n) is 6.43. The van der Waals surface area contributed by atoms with E-state index < -0.39 is 17.9 Å². The number of hydrogen-bond acceptors (Lipinski definition) is 3. The molecular weight excluding hydrogens is 308 g/mol. The Morgan fingerprint density at radius 3 is 2.64 bits per heavy atom. The third kappa shape index (κ3) is 3.95. The van der Waals surface area contributed by atoms with Gasteiger partial charge in [0.15, 0.2) is 5.43 Å². The monoisotopic (exact) mass is 320 g/mol. The molecule has 1 aromatic carbocycles. The van der Waals surface area contributed by atoms with Crippen LogP contribution in [0.4, 0.5) is 0 Å². The van der Waals surface area contributed by atoms with Crippen LogP contribution in [0.1, 0.15) is 28.5 Å². The third-order valence-corrected chi connectivity index (χ3v) is 3.33. The summed E-state index contributed by atoms with van der Waals surface area (Å²) in [7, 11) is 0. The summed E-state index contributed by atoms with van der Waals surface area (Å²) >= 11 is 6.06. The number of aromatic amines is 1. The van der Waals surface area contributed by atoms with E-state index in [1.54, 1.807) is 24.3 Å². The Labute approximate surface area is 130 Å². The first-order valence-corrected chi connectivity index (χ1v) is 6.81. The molecule has 0 fully saturated rings. The maximum atomic E-state index is 12.2. The van der Waals surface area contributed by atoms with E-state index in [4.69, 9.17) is 16.7 Å². The fourth-order valence-electron chi connectivity index (χ4n) is 1.98. The molecule has 0 aliphatic carbocycles. The number of carboxylic acids is 1. The highest BCUT2D eigenvalue weighted by molar-refractivity contribution is 6.31. The molecule has 114 valence electrons. The van der Waals surface area contributed by atoms with Crippen molar-refractivity contribution in [3.05, 3.63) is 69.1 Å². The zero-order valence-electron chi connectivity index (χ0n) is 11.4. The summed E-state index contributed by atoms with van der Waals surface area (Å²) in [4.78, 5) is 37.1. The normalized spacial score (nSPS) is 11.7. The van der Waals surface area contributed by atoms with E-state index in [0.717, 1.165) is 6.07 Å². The van der Waals surface area contributed by atoms with Gasteiger partial charge in [-0.05, 0) is 11.6 Å². The summed E-state index contributed by atoms with van der Waals surface area (Å²) in [6.07, 6.45) is 1.02. The molecule has 0 saturated heterocycles. The van der Waals surface area contributed by atoms with Crippen LogP contribution in [0.25, 0.3) is 0 Å². The van der Waals surface area contributed by atoms with Crippen molar-refractivity contribution in [2.45, 2.75) is 12.5 Å². The van der Waals surface area contributed by atoms with Gasteiger partial charge in [-0.25, -0.2) is 0 Å². The highest BCUT2D eigenvalue weighted by Gasteiger charge is 2.21. The lowest BCUT2D eigenvalue weighted by atomic mass is 10.0. The minimum absolute atomic E-state index is 0.0509. The van der Waals surface area contributed by atoms with Gasteiger partial charge in [-0.2, -0.15) is 0 Å². The van der Waals surface area contributed by atoms with Crippen molar-refractivity contribution >= 4 is 23.5 Å². The predicted octanol–water partition coefficient (Wildman–Crippen LogP) is 1.97. The number of benzene rings is 1. The van der Waals surface area contributed by atoms with Crippen molar-refractivity contribution in [2.24, 2.45) is 0 Å². The first-order chi connectivity index (χ1) is 10.5. The Morgan fingerprint density at radius 1 is 1.27 bits per heavy atom. The number of carboxylic acid groups (broad SMARTS) is 1. The molecule has 1 aromatic heterocycles. The Kier molecular flexibility index (Phi) is 4.95. The van der Waals surface area contributed by atoms with Crippen LogP contribution >= 0.6 is 11.6 Å². The minimum atomic E-state index is -1.08. The number of aromatic nitrogens is 1. The van der Waals surface area contributed by atoms with E-state index in [-0.39, 0.29) is 17.5 Å². The van der Waals surface area contributed by atoms with E-state index in [9.17, 15) is 14.4 Å². The van der Waals surface area contributed by atoms with Crippen LogP contribution in [0.2, 0.25) is 5.02 Å². The lowest BCUT2D eigenvalue weighted by molar-refractivity contribution is -0.137. The van der Waals surface area contributed by atoms with Crippen molar-refractivity contribution in [3.63, 3.8) is 0 Å². The molecule has 0 unspecified atom stereocenters. The number of halogens is 1. The standard InChI is InChI=1S/C15H13ClN2O4/c16-11-4-2-1-3-10(11)12(8-14(20)21)18-15(22)13-7-9(19)5-6-17-13/h1-7,12H,8H2,(H,17,19)(H,18,22)(H,20,21)/t12-/m1/s1. The van der Waals surface area contributed by atoms with Crippen LogP contribution < -0.4 is 10.7 Å². The van der Waals surface area contributed by atoms with E-state index in [2.05, 4.69) is 10.3 Å². The average molecular weight is 321 g/mol. The minimum Gasteiger partial charge on any atom is -0.481 e. The molecule has 6 nitrogen and oxygen atoms in total. The molecule has 1 amide bonds. The lowest BCUT2D eigenvalue weighted by Crippen LogP contribution is -2.31. The van der Waals surface area contributed by atoms with Crippen LogP contribution in [0.15, 0.2) is 47.4 Å². The van der Waals surface area contributed by atoms with Gasteiger partial charge in [0, 0.05) is 23.4 Å². The van der Waals surface area contributed by atoms with Crippen LogP contribution in [0.5, 0.6) is 0 Å². The maximum absolute atomic E-state index is 12.2. The topological polar surface area (TPSA) is 99.3 Å². The number of carbonyl (C=O) groups excluding carboxylic acids is 1. The molecular formula is C15H13ClN2O4. The molecule has 1 heterocycles. The van der Waals surface area contributed by atoms with Crippen LogP contribution in [-0.2, 0) is 4.79 Å².